The van der Waals surface area contributed by atoms with Crippen LogP contribution < -0.4 is 5.32 Å². The molecule has 3 N–H and O–H groups in total. The molecule has 1 aliphatic carbocycles. The van der Waals surface area contributed by atoms with Crippen molar-refractivity contribution in [3.63, 3.8) is 0 Å². The minimum Gasteiger partial charge on any atom is -0.393 e. The van der Waals surface area contributed by atoms with Gasteiger partial charge in [-0.2, -0.15) is 0 Å². The van der Waals surface area contributed by atoms with E-state index in [1.165, 1.54) is 0 Å². The summed E-state index contributed by atoms with van der Waals surface area (Å²) in [6.45, 7) is 0.650. The second kappa shape index (κ2) is 5.05. The highest BCUT2D eigenvalue weighted by Crippen LogP contribution is 2.25. The molecule has 19 heavy (non-hydrogen) atoms. The minimum absolute atomic E-state index is 0.0356. The van der Waals surface area contributed by atoms with Crippen LogP contribution in [0.1, 0.15) is 29.6 Å². The first-order valence-corrected chi connectivity index (χ1v) is 6.76. The summed E-state index contributed by atoms with van der Waals surface area (Å²) in [5, 5.41) is 13.4. The first-order chi connectivity index (χ1) is 9.24. The van der Waals surface area contributed by atoms with Gasteiger partial charge in [-0.15, -0.1) is 0 Å². The Bertz CT molecular complexity index is 591. The minimum atomic E-state index is -0.185. The Morgan fingerprint density at radius 2 is 2.26 bits per heavy atom. The molecule has 2 atom stereocenters. The largest absolute Gasteiger partial charge is 0.393 e. The van der Waals surface area contributed by atoms with Gasteiger partial charge in [-0.05, 0) is 43.4 Å². The van der Waals surface area contributed by atoms with Gasteiger partial charge in [0.1, 0.15) is 0 Å². The molecule has 3 rings (SSSR count). The molecule has 0 spiro atoms. The molecule has 100 valence electrons. The molecule has 0 radical (unpaired) electrons. The number of aliphatic hydroxyl groups is 1. The zero-order chi connectivity index (χ0) is 13.2. The van der Waals surface area contributed by atoms with Crippen molar-refractivity contribution in [1.82, 2.24) is 10.3 Å². The maximum absolute atomic E-state index is 12.2. The van der Waals surface area contributed by atoms with Gasteiger partial charge in [0.25, 0.3) is 5.91 Å². The van der Waals surface area contributed by atoms with Crippen LogP contribution in [0.25, 0.3) is 10.9 Å². The van der Waals surface area contributed by atoms with E-state index >= 15 is 0 Å². The van der Waals surface area contributed by atoms with Gasteiger partial charge in [-0.25, -0.2) is 0 Å². The van der Waals surface area contributed by atoms with E-state index in [4.69, 9.17) is 0 Å². The Kier molecular flexibility index (Phi) is 3.25. The third-order valence-corrected chi connectivity index (χ3v) is 3.90. The van der Waals surface area contributed by atoms with Crippen LogP contribution in [0.4, 0.5) is 0 Å². The van der Waals surface area contributed by atoms with Gasteiger partial charge >= 0.3 is 0 Å². The molecule has 0 bridgehead atoms. The summed E-state index contributed by atoms with van der Waals surface area (Å²) in [6.07, 6.45) is 4.31. The number of aliphatic hydroxyl groups excluding tert-OH is 1. The van der Waals surface area contributed by atoms with E-state index in [0.717, 1.165) is 30.2 Å². The summed E-state index contributed by atoms with van der Waals surface area (Å²) in [7, 11) is 0. The van der Waals surface area contributed by atoms with Gasteiger partial charge in [-0.3, -0.25) is 4.79 Å². The zero-order valence-corrected chi connectivity index (χ0v) is 10.7. The molecule has 1 saturated carbocycles. The number of amides is 1. The number of benzene rings is 1. The molecule has 1 aromatic carbocycles. The molecule has 1 aliphatic rings. The predicted octanol–water partition coefficient (Wildman–Crippen LogP) is 2.06. The number of carbonyl (C=O) groups is 1. The van der Waals surface area contributed by atoms with Crippen LogP contribution in [0, 0.1) is 5.92 Å². The van der Waals surface area contributed by atoms with Crippen LogP contribution in [-0.4, -0.2) is 28.6 Å². The number of hydrogen-bond acceptors (Lipinski definition) is 2. The second-order valence-electron chi connectivity index (χ2n) is 5.29. The number of carbonyl (C=O) groups excluding carboxylic acids is 1. The number of aromatic nitrogens is 1. The maximum Gasteiger partial charge on any atom is 0.251 e. The number of fused-ring (bicyclic) bond motifs is 1. The van der Waals surface area contributed by atoms with E-state index in [0.29, 0.717) is 18.0 Å². The lowest BCUT2D eigenvalue weighted by Gasteiger charge is -2.11. The number of hydrogen-bond donors (Lipinski definition) is 3. The van der Waals surface area contributed by atoms with E-state index < -0.39 is 0 Å². The van der Waals surface area contributed by atoms with Crippen molar-refractivity contribution >= 4 is 16.8 Å². The van der Waals surface area contributed by atoms with E-state index in [-0.39, 0.29) is 12.0 Å². The van der Waals surface area contributed by atoms with Gasteiger partial charge < -0.3 is 15.4 Å². The van der Waals surface area contributed by atoms with Crippen molar-refractivity contribution in [1.29, 1.82) is 0 Å². The molecule has 4 nitrogen and oxygen atoms in total. The highest BCUT2D eigenvalue weighted by molar-refractivity contribution is 6.06. The van der Waals surface area contributed by atoms with Gasteiger partial charge in [0, 0.05) is 29.2 Å². The molecule has 1 aromatic heterocycles. The van der Waals surface area contributed by atoms with Gasteiger partial charge in [0.15, 0.2) is 0 Å². The van der Waals surface area contributed by atoms with Crippen molar-refractivity contribution in [2.75, 3.05) is 6.54 Å². The van der Waals surface area contributed by atoms with Crippen LogP contribution in [0.3, 0.4) is 0 Å². The second-order valence-corrected chi connectivity index (χ2v) is 5.29. The summed E-state index contributed by atoms with van der Waals surface area (Å²) in [5.41, 5.74) is 1.68. The Hall–Kier alpha value is -1.81. The van der Waals surface area contributed by atoms with Gasteiger partial charge in [0.05, 0.1) is 6.10 Å². The van der Waals surface area contributed by atoms with E-state index in [1.807, 2.05) is 30.5 Å². The van der Waals surface area contributed by atoms with Gasteiger partial charge in [-0.1, -0.05) is 6.07 Å². The molecule has 1 fully saturated rings. The van der Waals surface area contributed by atoms with E-state index in [1.54, 1.807) is 0 Å². The lowest BCUT2D eigenvalue weighted by molar-refractivity contribution is 0.0946. The maximum atomic E-state index is 12.2. The summed E-state index contributed by atoms with van der Waals surface area (Å²) in [6, 6.07) is 7.60. The quantitative estimate of drug-likeness (QED) is 0.789. The fraction of sp³-hybridized carbons (Fsp3) is 0.400. The summed E-state index contributed by atoms with van der Waals surface area (Å²) in [5.74, 6) is 0.371. The molecule has 1 heterocycles. The van der Waals surface area contributed by atoms with Crippen molar-refractivity contribution in [3.05, 3.63) is 36.0 Å². The van der Waals surface area contributed by atoms with E-state index in [9.17, 15) is 9.90 Å². The Balaban J connectivity index is 1.68. The fourth-order valence-electron chi connectivity index (χ4n) is 2.85. The van der Waals surface area contributed by atoms with E-state index in [2.05, 4.69) is 10.3 Å². The number of aromatic amines is 1. The zero-order valence-electron chi connectivity index (χ0n) is 10.7. The topological polar surface area (TPSA) is 65.1 Å². The summed E-state index contributed by atoms with van der Waals surface area (Å²) >= 11 is 0. The normalized spacial score (nSPS) is 22.8. The van der Waals surface area contributed by atoms with Crippen molar-refractivity contribution in [2.24, 2.45) is 5.92 Å². The monoisotopic (exact) mass is 258 g/mol. The molecule has 2 aromatic rings. The summed E-state index contributed by atoms with van der Waals surface area (Å²) in [4.78, 5) is 15.3. The third-order valence-electron chi connectivity index (χ3n) is 3.90. The van der Waals surface area contributed by atoms with Crippen LogP contribution in [-0.2, 0) is 0 Å². The average molecular weight is 258 g/mol. The van der Waals surface area contributed by atoms with Crippen molar-refractivity contribution in [3.8, 4) is 0 Å². The molecule has 0 aliphatic heterocycles. The molecule has 1 amide bonds. The van der Waals surface area contributed by atoms with Crippen LogP contribution in [0.15, 0.2) is 30.5 Å². The Morgan fingerprint density at radius 3 is 3.05 bits per heavy atom. The Labute approximate surface area is 111 Å². The molecule has 4 heteroatoms. The highest BCUT2D eigenvalue weighted by atomic mass is 16.3. The van der Waals surface area contributed by atoms with Crippen molar-refractivity contribution in [2.45, 2.75) is 25.4 Å². The SMILES string of the molecule is O=C(NCC1CCC(O)C1)c1cccc2[nH]ccc12. The number of nitrogens with one attached hydrogen (secondary N) is 2. The highest BCUT2D eigenvalue weighted by Gasteiger charge is 2.23. The Morgan fingerprint density at radius 1 is 1.37 bits per heavy atom. The first kappa shape index (κ1) is 12.2. The number of rotatable bonds is 3. The average Bonchev–Trinajstić information content (AvgIpc) is 3.03. The van der Waals surface area contributed by atoms with Crippen LogP contribution in [0.5, 0.6) is 0 Å². The standard InChI is InChI=1S/C15H18N2O2/c18-11-5-4-10(8-11)9-17-15(19)13-2-1-3-14-12(13)6-7-16-14/h1-3,6-7,10-11,16,18H,4-5,8-9H2,(H,17,19). The first-order valence-electron chi connectivity index (χ1n) is 6.76. The third kappa shape index (κ3) is 2.49. The number of H-pyrrole nitrogens is 1. The summed E-state index contributed by atoms with van der Waals surface area (Å²) < 4.78 is 0. The van der Waals surface area contributed by atoms with Gasteiger partial charge in [0.2, 0.25) is 0 Å². The molecule has 2 unspecified atom stereocenters. The lowest BCUT2D eigenvalue weighted by Crippen LogP contribution is -2.28. The molecular weight excluding hydrogens is 240 g/mol. The molecular formula is C15H18N2O2. The van der Waals surface area contributed by atoms with Crippen LogP contribution in [0.2, 0.25) is 0 Å². The predicted molar refractivity (Wildman–Crippen MR) is 74.0 cm³/mol. The van der Waals surface area contributed by atoms with Crippen LogP contribution >= 0.6 is 0 Å². The lowest BCUT2D eigenvalue weighted by atomic mass is 10.1. The fourth-order valence-corrected chi connectivity index (χ4v) is 2.85. The smallest absolute Gasteiger partial charge is 0.251 e. The van der Waals surface area contributed by atoms with Crippen molar-refractivity contribution < 1.29 is 9.90 Å². The molecule has 0 saturated heterocycles.